The minimum atomic E-state index is -0.324. The summed E-state index contributed by atoms with van der Waals surface area (Å²) in [5.41, 5.74) is 2.93. The number of hydrogen-bond donors (Lipinski definition) is 0. The van der Waals surface area contributed by atoms with Gasteiger partial charge in [-0.1, -0.05) is 11.6 Å². The summed E-state index contributed by atoms with van der Waals surface area (Å²) in [5.74, 6) is 0.902. The maximum atomic E-state index is 13.4. The Hall–Kier alpha value is -3.64. The summed E-state index contributed by atoms with van der Waals surface area (Å²) in [6.07, 6.45) is 1.93. The van der Waals surface area contributed by atoms with Crippen molar-refractivity contribution in [1.82, 2.24) is 9.55 Å². The summed E-state index contributed by atoms with van der Waals surface area (Å²) in [4.78, 5) is 19.2. The molecular weight excluding hydrogens is 429 g/mol. The molecule has 5 nitrogen and oxygen atoms in total. The largest absolute Gasteiger partial charge is 0.497 e. The van der Waals surface area contributed by atoms with Crippen molar-refractivity contribution in [2.24, 2.45) is 0 Å². The molecular formula is C25H21ClFN3O2. The van der Waals surface area contributed by atoms with E-state index >= 15 is 0 Å². The highest BCUT2D eigenvalue weighted by Crippen LogP contribution is 2.25. The van der Waals surface area contributed by atoms with Gasteiger partial charge in [-0.2, -0.15) is 0 Å². The summed E-state index contributed by atoms with van der Waals surface area (Å²) in [6.45, 7) is 0. The van der Waals surface area contributed by atoms with Gasteiger partial charge >= 0.3 is 0 Å². The predicted molar refractivity (Wildman–Crippen MR) is 124 cm³/mol. The van der Waals surface area contributed by atoms with Crippen LogP contribution in [0, 0.1) is 5.82 Å². The van der Waals surface area contributed by atoms with Gasteiger partial charge < -0.3 is 9.64 Å². The van der Waals surface area contributed by atoms with Gasteiger partial charge in [0.05, 0.1) is 19.2 Å². The van der Waals surface area contributed by atoms with Crippen LogP contribution in [0.5, 0.6) is 5.75 Å². The molecule has 0 N–H and O–H groups in total. The summed E-state index contributed by atoms with van der Waals surface area (Å²) in [6, 6.07) is 20.7. The van der Waals surface area contributed by atoms with Crippen molar-refractivity contribution in [3.05, 3.63) is 95.5 Å². The lowest BCUT2D eigenvalue weighted by atomic mass is 10.2. The number of benzene rings is 3. The summed E-state index contributed by atoms with van der Waals surface area (Å²) < 4.78 is 20.5. The molecule has 0 aliphatic rings. The van der Waals surface area contributed by atoms with E-state index in [1.807, 2.05) is 35.0 Å². The number of amides is 1. The Labute approximate surface area is 190 Å². The molecule has 162 valence electrons. The Balaban J connectivity index is 1.65. The van der Waals surface area contributed by atoms with Crippen LogP contribution in [0.3, 0.4) is 0 Å². The Morgan fingerprint density at radius 1 is 1.03 bits per heavy atom. The fraction of sp³-hybridized carbons (Fsp3) is 0.120. The standard InChI is InChI=1S/C25H21ClFN3O2/c1-29(21-11-13-23(32-2)14-12-21)24(31)15-20-16-30(22-9-5-18(26)6-10-22)25(28-20)17-3-7-19(27)8-4-17/h3-14,16H,15H2,1-2H3. The maximum Gasteiger partial charge on any atom is 0.232 e. The summed E-state index contributed by atoms with van der Waals surface area (Å²) in [5, 5.41) is 0.619. The molecule has 4 rings (SSSR count). The van der Waals surface area contributed by atoms with Gasteiger partial charge in [-0.25, -0.2) is 9.37 Å². The van der Waals surface area contributed by atoms with Crippen molar-refractivity contribution in [1.29, 1.82) is 0 Å². The molecule has 0 aliphatic carbocycles. The molecule has 1 heterocycles. The monoisotopic (exact) mass is 449 g/mol. The van der Waals surface area contributed by atoms with Gasteiger partial charge in [0.1, 0.15) is 17.4 Å². The lowest BCUT2D eigenvalue weighted by Gasteiger charge is -2.17. The maximum absolute atomic E-state index is 13.4. The topological polar surface area (TPSA) is 47.4 Å². The molecule has 0 atom stereocenters. The third-order valence-electron chi connectivity index (χ3n) is 5.13. The number of anilines is 1. The number of nitrogens with zero attached hydrogens (tertiary/aromatic N) is 3. The molecule has 7 heteroatoms. The molecule has 0 saturated carbocycles. The zero-order chi connectivity index (χ0) is 22.7. The number of ether oxygens (including phenoxy) is 1. The van der Waals surface area contributed by atoms with Gasteiger partial charge in [0.2, 0.25) is 5.91 Å². The lowest BCUT2D eigenvalue weighted by Crippen LogP contribution is -2.27. The molecule has 1 amide bonds. The lowest BCUT2D eigenvalue weighted by molar-refractivity contribution is -0.117. The first-order valence-electron chi connectivity index (χ1n) is 9.95. The molecule has 4 aromatic rings. The van der Waals surface area contributed by atoms with E-state index in [0.29, 0.717) is 16.5 Å². The number of hydrogen-bond acceptors (Lipinski definition) is 3. The van der Waals surface area contributed by atoms with Crippen molar-refractivity contribution in [3.8, 4) is 22.8 Å². The minimum absolute atomic E-state index is 0.108. The number of carbonyl (C=O) groups excluding carboxylic acids is 1. The number of likely N-dealkylation sites (N-methyl/N-ethyl adjacent to an activating group) is 1. The average Bonchev–Trinajstić information content (AvgIpc) is 3.23. The third-order valence-corrected chi connectivity index (χ3v) is 5.38. The quantitative estimate of drug-likeness (QED) is 0.388. The number of methoxy groups -OCH3 is 1. The Bertz CT molecular complexity index is 1160. The molecule has 0 fully saturated rings. The van der Waals surface area contributed by atoms with Gasteiger partial charge in [-0.15, -0.1) is 0 Å². The Kier molecular flexibility index (Phi) is 6.23. The highest BCUT2D eigenvalue weighted by Gasteiger charge is 2.17. The number of rotatable bonds is 6. The predicted octanol–water partition coefficient (Wildman–Crippen LogP) is 5.55. The first kappa shape index (κ1) is 21.6. The van der Waals surface area contributed by atoms with E-state index in [9.17, 15) is 9.18 Å². The van der Waals surface area contributed by atoms with Crippen molar-refractivity contribution < 1.29 is 13.9 Å². The van der Waals surface area contributed by atoms with Crippen LogP contribution < -0.4 is 9.64 Å². The molecule has 32 heavy (non-hydrogen) atoms. The highest BCUT2D eigenvalue weighted by molar-refractivity contribution is 6.30. The zero-order valence-corrected chi connectivity index (χ0v) is 18.4. The summed E-state index contributed by atoms with van der Waals surface area (Å²) >= 11 is 6.03. The zero-order valence-electron chi connectivity index (χ0n) is 17.6. The first-order valence-corrected chi connectivity index (χ1v) is 10.3. The molecule has 0 unspecified atom stereocenters. The molecule has 0 spiro atoms. The number of aromatic nitrogens is 2. The van der Waals surface area contributed by atoms with Gasteiger partial charge in [-0.3, -0.25) is 9.36 Å². The second-order valence-corrected chi connectivity index (χ2v) is 7.67. The molecule has 1 aromatic heterocycles. The fourth-order valence-corrected chi connectivity index (χ4v) is 3.46. The second kappa shape index (κ2) is 9.24. The van der Waals surface area contributed by atoms with E-state index in [1.165, 1.54) is 12.1 Å². The van der Waals surface area contributed by atoms with E-state index < -0.39 is 0 Å². The van der Waals surface area contributed by atoms with Gasteiger partial charge in [-0.05, 0) is 72.8 Å². The van der Waals surface area contributed by atoms with E-state index in [1.54, 1.807) is 55.5 Å². The number of imidazole rings is 1. The Morgan fingerprint density at radius 2 is 1.69 bits per heavy atom. The van der Waals surface area contributed by atoms with E-state index in [4.69, 9.17) is 21.3 Å². The molecule has 0 aliphatic heterocycles. The highest BCUT2D eigenvalue weighted by atomic mass is 35.5. The van der Waals surface area contributed by atoms with E-state index in [-0.39, 0.29) is 18.1 Å². The third kappa shape index (κ3) is 4.65. The van der Waals surface area contributed by atoms with Crippen LogP contribution in [-0.4, -0.2) is 29.6 Å². The van der Waals surface area contributed by atoms with Crippen LogP contribution in [0.15, 0.2) is 79.0 Å². The first-order chi connectivity index (χ1) is 15.4. The Morgan fingerprint density at radius 3 is 2.31 bits per heavy atom. The van der Waals surface area contributed by atoms with Gasteiger partial charge in [0, 0.05) is 35.2 Å². The average molecular weight is 450 g/mol. The van der Waals surface area contributed by atoms with Crippen molar-refractivity contribution in [2.75, 3.05) is 19.1 Å². The SMILES string of the molecule is COc1ccc(N(C)C(=O)Cc2cn(-c3ccc(Cl)cc3)c(-c3ccc(F)cc3)n2)cc1. The smallest absolute Gasteiger partial charge is 0.232 e. The van der Waals surface area contributed by atoms with Crippen molar-refractivity contribution in [2.45, 2.75) is 6.42 Å². The van der Waals surface area contributed by atoms with Crippen LogP contribution in [-0.2, 0) is 11.2 Å². The van der Waals surface area contributed by atoms with Crippen molar-refractivity contribution >= 4 is 23.2 Å². The summed E-state index contributed by atoms with van der Waals surface area (Å²) in [7, 11) is 3.32. The molecule has 0 saturated heterocycles. The van der Waals surface area contributed by atoms with E-state index in [0.717, 1.165) is 22.7 Å². The number of carbonyl (C=O) groups is 1. The van der Waals surface area contributed by atoms with Gasteiger partial charge in [0.15, 0.2) is 0 Å². The van der Waals surface area contributed by atoms with Gasteiger partial charge in [0.25, 0.3) is 0 Å². The molecule has 0 radical (unpaired) electrons. The van der Waals surface area contributed by atoms with Crippen LogP contribution in [0.2, 0.25) is 5.02 Å². The van der Waals surface area contributed by atoms with Crippen LogP contribution in [0.1, 0.15) is 5.69 Å². The van der Waals surface area contributed by atoms with E-state index in [2.05, 4.69) is 0 Å². The van der Waals surface area contributed by atoms with Crippen molar-refractivity contribution in [3.63, 3.8) is 0 Å². The minimum Gasteiger partial charge on any atom is -0.497 e. The normalized spacial score (nSPS) is 10.8. The second-order valence-electron chi connectivity index (χ2n) is 7.24. The van der Waals surface area contributed by atoms with Crippen LogP contribution in [0.4, 0.5) is 10.1 Å². The van der Waals surface area contributed by atoms with Crippen LogP contribution >= 0.6 is 11.6 Å². The van der Waals surface area contributed by atoms with Crippen LogP contribution in [0.25, 0.3) is 17.1 Å². The number of halogens is 2. The molecule has 3 aromatic carbocycles. The fourth-order valence-electron chi connectivity index (χ4n) is 3.34. The molecule has 0 bridgehead atoms.